The first-order chi connectivity index (χ1) is 27.2. The quantitative estimate of drug-likeness (QED) is 0.173. The predicted molar refractivity (Wildman–Crippen MR) is 221 cm³/mol. The van der Waals surface area contributed by atoms with Crippen molar-refractivity contribution < 1.29 is 0 Å². The molecule has 0 unspecified atom stereocenters. The van der Waals surface area contributed by atoms with E-state index in [1.807, 2.05) is 42.5 Å². The average Bonchev–Trinajstić information content (AvgIpc) is 3.57. The van der Waals surface area contributed by atoms with E-state index in [4.69, 9.17) is 15.0 Å². The van der Waals surface area contributed by atoms with Crippen molar-refractivity contribution in [1.29, 1.82) is 5.26 Å². The number of nitriles is 1. The highest BCUT2D eigenvalue weighted by molar-refractivity contribution is 5.91. The monoisotopic (exact) mass is 700 g/mol. The van der Waals surface area contributed by atoms with Crippen LogP contribution in [0.25, 0.3) is 67.2 Å². The van der Waals surface area contributed by atoms with E-state index < -0.39 is 5.41 Å². The molecule has 4 heteroatoms. The highest BCUT2D eigenvalue weighted by Gasteiger charge is 2.47. The smallest absolute Gasteiger partial charge is 0.164 e. The van der Waals surface area contributed by atoms with Gasteiger partial charge in [0.15, 0.2) is 17.5 Å². The lowest BCUT2D eigenvalue weighted by Gasteiger charge is -2.34. The van der Waals surface area contributed by atoms with Crippen LogP contribution in [0.5, 0.6) is 0 Å². The Labute approximate surface area is 319 Å². The minimum atomic E-state index is -0.603. The second kappa shape index (κ2) is 13.2. The molecule has 0 saturated heterocycles. The molecule has 4 nitrogen and oxygen atoms in total. The number of rotatable bonds is 6. The van der Waals surface area contributed by atoms with Gasteiger partial charge in [-0.05, 0) is 67.9 Å². The lowest BCUT2D eigenvalue weighted by atomic mass is 9.67. The zero-order valence-corrected chi connectivity index (χ0v) is 29.8. The van der Waals surface area contributed by atoms with Crippen molar-refractivity contribution in [1.82, 2.24) is 15.0 Å². The summed E-state index contributed by atoms with van der Waals surface area (Å²) in [6, 6.07) is 69.9. The van der Waals surface area contributed by atoms with Crippen LogP contribution in [0.4, 0.5) is 0 Å². The molecule has 0 amide bonds. The van der Waals surface area contributed by atoms with E-state index >= 15 is 0 Å². The summed E-state index contributed by atoms with van der Waals surface area (Å²) in [6.07, 6.45) is 0. The fourth-order valence-corrected chi connectivity index (χ4v) is 8.30. The molecular weight excluding hydrogens is 669 g/mol. The minimum absolute atomic E-state index is 0.603. The maximum atomic E-state index is 10.3. The van der Waals surface area contributed by atoms with E-state index in [0.29, 0.717) is 23.0 Å². The Morgan fingerprint density at radius 2 is 0.909 bits per heavy atom. The van der Waals surface area contributed by atoms with Crippen molar-refractivity contribution in [3.8, 4) is 62.5 Å². The average molecular weight is 701 g/mol. The largest absolute Gasteiger partial charge is 0.208 e. The summed E-state index contributed by atoms with van der Waals surface area (Å²) in [7, 11) is 0. The molecule has 256 valence electrons. The van der Waals surface area contributed by atoms with Crippen LogP contribution in [0, 0.1) is 11.3 Å². The van der Waals surface area contributed by atoms with Crippen molar-refractivity contribution in [3.63, 3.8) is 0 Å². The molecule has 1 heterocycles. The van der Waals surface area contributed by atoms with Gasteiger partial charge >= 0.3 is 0 Å². The Kier molecular flexibility index (Phi) is 7.71. The zero-order chi connectivity index (χ0) is 36.8. The van der Waals surface area contributed by atoms with Crippen molar-refractivity contribution in [2.45, 2.75) is 5.41 Å². The minimum Gasteiger partial charge on any atom is -0.208 e. The lowest BCUT2D eigenvalue weighted by molar-refractivity contribution is 0.768. The molecule has 9 aromatic rings. The molecule has 8 aromatic carbocycles. The van der Waals surface area contributed by atoms with Crippen LogP contribution in [0.2, 0.25) is 0 Å². The van der Waals surface area contributed by atoms with Gasteiger partial charge < -0.3 is 0 Å². The van der Waals surface area contributed by atoms with E-state index in [1.54, 1.807) is 0 Å². The summed E-state index contributed by atoms with van der Waals surface area (Å²) in [5.41, 5.74) is 11.7. The first-order valence-electron chi connectivity index (χ1n) is 18.4. The molecule has 55 heavy (non-hydrogen) atoms. The fraction of sp³-hybridized carbons (Fsp3) is 0.0196. The summed E-state index contributed by atoms with van der Waals surface area (Å²) in [4.78, 5) is 15.0. The summed E-state index contributed by atoms with van der Waals surface area (Å²) in [6.45, 7) is 0. The van der Waals surface area contributed by atoms with Gasteiger partial charge in [0.05, 0.1) is 17.0 Å². The van der Waals surface area contributed by atoms with Crippen LogP contribution in [-0.2, 0) is 5.41 Å². The fourth-order valence-electron chi connectivity index (χ4n) is 8.30. The number of hydrogen-bond donors (Lipinski definition) is 0. The molecule has 0 fully saturated rings. The molecule has 0 N–H and O–H groups in total. The third-order valence-electron chi connectivity index (χ3n) is 10.8. The Morgan fingerprint density at radius 1 is 0.382 bits per heavy atom. The lowest BCUT2D eigenvalue weighted by Crippen LogP contribution is -2.28. The maximum Gasteiger partial charge on any atom is 0.164 e. The van der Waals surface area contributed by atoms with Crippen LogP contribution in [0.1, 0.15) is 27.8 Å². The first-order valence-corrected chi connectivity index (χ1v) is 18.4. The van der Waals surface area contributed by atoms with Crippen molar-refractivity contribution >= 4 is 10.8 Å². The van der Waals surface area contributed by atoms with E-state index in [2.05, 4.69) is 158 Å². The summed E-state index contributed by atoms with van der Waals surface area (Å²) < 4.78 is 0. The van der Waals surface area contributed by atoms with Gasteiger partial charge in [0.1, 0.15) is 0 Å². The van der Waals surface area contributed by atoms with Crippen LogP contribution >= 0.6 is 0 Å². The van der Waals surface area contributed by atoms with Gasteiger partial charge in [-0.1, -0.05) is 176 Å². The summed E-state index contributed by atoms with van der Waals surface area (Å²) >= 11 is 0. The first kappa shape index (κ1) is 32.2. The van der Waals surface area contributed by atoms with E-state index in [-0.39, 0.29) is 0 Å². The normalized spacial score (nSPS) is 12.5. The number of benzene rings is 8. The second-order valence-electron chi connectivity index (χ2n) is 13.9. The van der Waals surface area contributed by atoms with E-state index in [9.17, 15) is 5.26 Å². The standard InChI is InChI=1S/C51H32N4/c52-33-41-17-12-22-45-47(41)44-30-29-39(32-46(44)51(45,42-18-6-2-7-19-42)43-20-8-3-9-21-43)35-23-26-37(27-24-35)49-53-48(36-14-4-1-5-15-36)54-50(55-49)40-28-25-34-13-10-11-16-38(34)31-40/h1-32H. The third kappa shape index (κ3) is 5.33. The number of aromatic nitrogens is 3. The molecule has 0 aliphatic heterocycles. The predicted octanol–water partition coefficient (Wildman–Crippen LogP) is 11.9. The molecule has 1 aliphatic rings. The molecule has 0 radical (unpaired) electrons. The SMILES string of the molecule is N#Cc1cccc2c1-c1ccc(-c3ccc(-c4nc(-c5ccccc5)nc(-c5ccc6ccccc6c5)n4)cc3)cc1C2(c1ccccc1)c1ccccc1. The molecule has 0 spiro atoms. The molecule has 0 atom stereocenters. The van der Waals surface area contributed by atoms with Gasteiger partial charge in [0, 0.05) is 22.3 Å². The Hall–Kier alpha value is -7.48. The second-order valence-corrected chi connectivity index (χ2v) is 13.9. The molecule has 0 saturated carbocycles. The van der Waals surface area contributed by atoms with Crippen molar-refractivity contribution in [3.05, 3.63) is 222 Å². The van der Waals surface area contributed by atoms with Gasteiger partial charge in [-0.2, -0.15) is 5.26 Å². The number of hydrogen-bond acceptors (Lipinski definition) is 4. The number of nitrogens with zero attached hydrogens (tertiary/aromatic N) is 4. The topological polar surface area (TPSA) is 62.5 Å². The maximum absolute atomic E-state index is 10.3. The van der Waals surface area contributed by atoms with E-state index in [1.165, 1.54) is 5.39 Å². The van der Waals surface area contributed by atoms with Crippen LogP contribution in [0.15, 0.2) is 194 Å². The van der Waals surface area contributed by atoms with Crippen molar-refractivity contribution in [2.75, 3.05) is 0 Å². The van der Waals surface area contributed by atoms with Crippen LogP contribution in [-0.4, -0.2) is 15.0 Å². The van der Waals surface area contributed by atoms with Crippen molar-refractivity contribution in [2.24, 2.45) is 0 Å². The van der Waals surface area contributed by atoms with Gasteiger partial charge in [0.25, 0.3) is 0 Å². The number of fused-ring (bicyclic) bond motifs is 4. The van der Waals surface area contributed by atoms with Gasteiger partial charge in [0.2, 0.25) is 0 Å². The highest BCUT2D eigenvalue weighted by Crippen LogP contribution is 2.57. The molecule has 1 aromatic heterocycles. The van der Waals surface area contributed by atoms with Crippen LogP contribution in [0.3, 0.4) is 0 Å². The zero-order valence-electron chi connectivity index (χ0n) is 29.8. The van der Waals surface area contributed by atoms with Gasteiger partial charge in [-0.25, -0.2) is 15.0 Å². The summed E-state index contributed by atoms with van der Waals surface area (Å²) in [5.74, 6) is 1.88. The Bertz CT molecular complexity index is 2870. The Morgan fingerprint density at radius 3 is 1.56 bits per heavy atom. The van der Waals surface area contributed by atoms with Gasteiger partial charge in [-0.15, -0.1) is 0 Å². The van der Waals surface area contributed by atoms with Gasteiger partial charge in [-0.3, -0.25) is 0 Å². The highest BCUT2D eigenvalue weighted by atomic mass is 15.0. The summed E-state index contributed by atoms with van der Waals surface area (Å²) in [5, 5.41) is 12.6. The Balaban J connectivity index is 1.11. The molecule has 0 bridgehead atoms. The molecule has 10 rings (SSSR count). The molecular formula is C51H32N4. The van der Waals surface area contributed by atoms with E-state index in [0.717, 1.165) is 66.6 Å². The third-order valence-corrected chi connectivity index (χ3v) is 10.8. The van der Waals surface area contributed by atoms with Crippen LogP contribution < -0.4 is 0 Å². The molecule has 1 aliphatic carbocycles.